The van der Waals surface area contributed by atoms with Crippen LogP contribution >= 0.6 is 0 Å². The van der Waals surface area contributed by atoms with Crippen molar-refractivity contribution < 1.29 is 27.6 Å². The molecule has 1 amide bonds. The summed E-state index contributed by atoms with van der Waals surface area (Å²) in [5.74, 6) is 0.870. The minimum atomic E-state index is -3.70. The maximum atomic E-state index is 12.3. The van der Waals surface area contributed by atoms with Crippen molar-refractivity contribution in [2.24, 2.45) is 0 Å². The molecule has 0 fully saturated rings. The second kappa shape index (κ2) is 9.21. The van der Waals surface area contributed by atoms with Crippen LogP contribution in [0.4, 0.5) is 17.1 Å². The maximum Gasteiger partial charge on any atom is 0.271 e. The van der Waals surface area contributed by atoms with Crippen LogP contribution in [0.3, 0.4) is 0 Å². The Balaban J connectivity index is 1.65. The molecular weight excluding hydrogens is 426 g/mol. The molecule has 0 atom stereocenters. The Morgan fingerprint density at radius 3 is 2.55 bits per heavy atom. The first kappa shape index (κ1) is 22.3. The summed E-state index contributed by atoms with van der Waals surface area (Å²) in [4.78, 5) is 22.8. The van der Waals surface area contributed by atoms with Gasteiger partial charge in [0.2, 0.25) is 15.9 Å². The van der Waals surface area contributed by atoms with E-state index in [-0.39, 0.29) is 36.7 Å². The fraction of sp³-hybridized carbons (Fsp3) is 0.350. The molecule has 1 heterocycles. The van der Waals surface area contributed by atoms with Crippen molar-refractivity contribution in [3.8, 4) is 11.5 Å². The van der Waals surface area contributed by atoms with Crippen molar-refractivity contribution in [2.45, 2.75) is 19.8 Å². The van der Waals surface area contributed by atoms with Crippen LogP contribution in [0, 0.1) is 17.0 Å². The number of hydrogen-bond donors (Lipinski definition) is 1. The van der Waals surface area contributed by atoms with Gasteiger partial charge in [0.1, 0.15) is 13.2 Å². The van der Waals surface area contributed by atoms with Crippen molar-refractivity contribution in [3.63, 3.8) is 0 Å². The molecule has 0 aromatic heterocycles. The van der Waals surface area contributed by atoms with Crippen molar-refractivity contribution in [1.29, 1.82) is 0 Å². The third-order valence-electron chi connectivity index (χ3n) is 4.66. The highest BCUT2D eigenvalue weighted by Crippen LogP contribution is 2.32. The summed E-state index contributed by atoms with van der Waals surface area (Å²) in [6.45, 7) is 2.59. The van der Waals surface area contributed by atoms with E-state index >= 15 is 0 Å². The zero-order valence-electron chi connectivity index (χ0n) is 17.2. The number of nitro benzene ring substituents is 1. The first-order valence-electron chi connectivity index (χ1n) is 9.57. The Labute approximate surface area is 180 Å². The number of non-ortho nitro benzene ring substituents is 1. The molecule has 1 N–H and O–H groups in total. The first-order valence-corrected chi connectivity index (χ1v) is 11.4. The monoisotopic (exact) mass is 449 g/mol. The topological polar surface area (TPSA) is 128 Å². The third kappa shape index (κ3) is 5.63. The second-order valence-electron chi connectivity index (χ2n) is 7.07. The molecule has 0 unspecified atom stereocenters. The number of benzene rings is 2. The minimum Gasteiger partial charge on any atom is -0.486 e. The van der Waals surface area contributed by atoms with Gasteiger partial charge in [-0.3, -0.25) is 19.2 Å². The number of nitro groups is 1. The number of nitrogens with one attached hydrogen (secondary N) is 1. The van der Waals surface area contributed by atoms with Gasteiger partial charge < -0.3 is 14.8 Å². The lowest BCUT2D eigenvalue weighted by atomic mass is 10.1. The summed E-state index contributed by atoms with van der Waals surface area (Å²) in [6, 6.07) is 9.12. The highest BCUT2D eigenvalue weighted by Gasteiger charge is 2.22. The third-order valence-corrected chi connectivity index (χ3v) is 5.84. The van der Waals surface area contributed by atoms with Gasteiger partial charge in [-0.05, 0) is 31.0 Å². The molecule has 0 radical (unpaired) electrons. The van der Waals surface area contributed by atoms with Crippen molar-refractivity contribution in [1.82, 2.24) is 0 Å². The molecule has 3 rings (SSSR count). The Morgan fingerprint density at radius 1 is 1.16 bits per heavy atom. The van der Waals surface area contributed by atoms with Crippen LogP contribution in [0.25, 0.3) is 0 Å². The summed E-state index contributed by atoms with van der Waals surface area (Å²) in [7, 11) is -3.70. The number of aryl methyl sites for hydroxylation is 1. The number of fused-ring (bicyclic) bond motifs is 1. The van der Waals surface area contributed by atoms with Gasteiger partial charge in [0.25, 0.3) is 5.69 Å². The normalized spacial score (nSPS) is 12.8. The van der Waals surface area contributed by atoms with E-state index in [9.17, 15) is 23.3 Å². The predicted octanol–water partition coefficient (Wildman–Crippen LogP) is 2.86. The van der Waals surface area contributed by atoms with Crippen LogP contribution in [0.2, 0.25) is 0 Å². The molecule has 11 heteroatoms. The minimum absolute atomic E-state index is 0.00933. The fourth-order valence-corrected chi connectivity index (χ4v) is 4.19. The molecule has 0 spiro atoms. The Morgan fingerprint density at radius 2 is 1.87 bits per heavy atom. The lowest BCUT2D eigenvalue weighted by Crippen LogP contribution is -2.32. The van der Waals surface area contributed by atoms with E-state index in [1.165, 1.54) is 18.2 Å². The van der Waals surface area contributed by atoms with Gasteiger partial charge in [-0.15, -0.1) is 0 Å². The molecule has 2 aromatic carbocycles. The highest BCUT2D eigenvalue weighted by molar-refractivity contribution is 7.92. The molecule has 0 saturated carbocycles. The van der Waals surface area contributed by atoms with Gasteiger partial charge in [-0.1, -0.05) is 6.07 Å². The molecule has 0 saturated heterocycles. The lowest BCUT2D eigenvalue weighted by molar-refractivity contribution is -0.384. The molecule has 1 aliphatic rings. The van der Waals surface area contributed by atoms with Crippen molar-refractivity contribution >= 4 is 33.0 Å². The van der Waals surface area contributed by atoms with Gasteiger partial charge in [0.15, 0.2) is 11.5 Å². The summed E-state index contributed by atoms with van der Waals surface area (Å²) in [6.07, 6.45) is 1.32. The van der Waals surface area contributed by atoms with Gasteiger partial charge in [0.05, 0.1) is 16.9 Å². The van der Waals surface area contributed by atoms with Gasteiger partial charge in [-0.2, -0.15) is 0 Å². The molecular formula is C20H23N3O7S. The number of anilines is 2. The van der Waals surface area contributed by atoms with Gasteiger partial charge in [-0.25, -0.2) is 8.42 Å². The molecule has 31 heavy (non-hydrogen) atoms. The van der Waals surface area contributed by atoms with E-state index in [0.717, 1.165) is 10.6 Å². The fourth-order valence-electron chi connectivity index (χ4n) is 3.17. The van der Waals surface area contributed by atoms with Gasteiger partial charge in [0, 0.05) is 36.9 Å². The average molecular weight is 449 g/mol. The number of ether oxygens (including phenoxy) is 2. The summed E-state index contributed by atoms with van der Waals surface area (Å²) < 4.78 is 36.6. The van der Waals surface area contributed by atoms with Crippen LogP contribution in [0.15, 0.2) is 36.4 Å². The number of nitrogens with zero attached hydrogens (tertiary/aromatic N) is 2. The number of rotatable bonds is 8. The maximum absolute atomic E-state index is 12.3. The van der Waals surface area contributed by atoms with Crippen molar-refractivity contribution in [2.75, 3.05) is 35.6 Å². The summed E-state index contributed by atoms with van der Waals surface area (Å²) in [5, 5.41) is 13.8. The standard InChI is InChI=1S/C20H23N3O7S/c1-14-5-7-16(23(25)26)13-17(14)22(31(2,27)28)9-3-4-20(24)21-15-6-8-18-19(12-15)30-11-10-29-18/h5-8,12-13H,3-4,9-11H2,1-2H3,(H,21,24). The number of hydrogen-bond acceptors (Lipinski definition) is 7. The number of carbonyl (C=O) groups is 1. The SMILES string of the molecule is Cc1ccc([N+](=O)[O-])cc1N(CCCC(=O)Nc1ccc2c(c1)OCCO2)S(C)(=O)=O. The van der Waals surface area contributed by atoms with E-state index in [2.05, 4.69) is 5.32 Å². The zero-order valence-corrected chi connectivity index (χ0v) is 18.0. The largest absolute Gasteiger partial charge is 0.486 e. The molecule has 10 nitrogen and oxygen atoms in total. The van der Waals surface area contributed by atoms with E-state index < -0.39 is 14.9 Å². The van der Waals surface area contributed by atoms with E-state index in [0.29, 0.717) is 36.0 Å². The average Bonchev–Trinajstić information content (AvgIpc) is 2.71. The highest BCUT2D eigenvalue weighted by atomic mass is 32.2. The van der Waals surface area contributed by atoms with Crippen LogP contribution in [0.5, 0.6) is 11.5 Å². The number of carbonyl (C=O) groups excluding carboxylic acids is 1. The van der Waals surface area contributed by atoms with E-state index in [1.54, 1.807) is 25.1 Å². The van der Waals surface area contributed by atoms with Crippen LogP contribution < -0.4 is 19.1 Å². The molecule has 166 valence electrons. The number of sulfonamides is 1. The Bertz CT molecular complexity index is 1100. The van der Waals surface area contributed by atoms with Crippen LogP contribution in [0.1, 0.15) is 18.4 Å². The Kier molecular flexibility index (Phi) is 6.64. The lowest BCUT2D eigenvalue weighted by Gasteiger charge is -2.24. The zero-order chi connectivity index (χ0) is 22.6. The number of amides is 1. The summed E-state index contributed by atoms with van der Waals surface area (Å²) >= 11 is 0. The second-order valence-corrected chi connectivity index (χ2v) is 8.98. The van der Waals surface area contributed by atoms with Gasteiger partial charge >= 0.3 is 0 Å². The molecule has 1 aliphatic heterocycles. The molecule has 2 aromatic rings. The quantitative estimate of drug-likeness (QED) is 0.485. The Hall–Kier alpha value is -3.34. The first-order chi connectivity index (χ1) is 14.6. The molecule has 0 bridgehead atoms. The van der Waals surface area contributed by atoms with Crippen molar-refractivity contribution in [3.05, 3.63) is 52.1 Å². The molecule has 0 aliphatic carbocycles. The van der Waals surface area contributed by atoms with E-state index in [1.807, 2.05) is 0 Å². The van der Waals surface area contributed by atoms with E-state index in [4.69, 9.17) is 9.47 Å². The smallest absolute Gasteiger partial charge is 0.271 e. The predicted molar refractivity (Wildman–Crippen MR) is 115 cm³/mol. The summed E-state index contributed by atoms with van der Waals surface area (Å²) in [5.41, 5.74) is 1.15. The van der Waals surface area contributed by atoms with Crippen LogP contribution in [-0.2, 0) is 14.8 Å². The van der Waals surface area contributed by atoms with Crippen LogP contribution in [-0.4, -0.2) is 45.3 Å².